The maximum absolute atomic E-state index is 5.35. The molecule has 1 N–H and O–H groups in total. The maximum atomic E-state index is 5.35. The number of hydrogen-bond donors (Lipinski definition) is 1. The lowest BCUT2D eigenvalue weighted by Gasteiger charge is -2.39. The van der Waals surface area contributed by atoms with Crippen molar-refractivity contribution >= 4 is 5.96 Å². The molecule has 1 saturated carbocycles. The fourth-order valence-corrected chi connectivity index (χ4v) is 3.95. The molecule has 7 nitrogen and oxygen atoms in total. The normalized spacial score (nSPS) is 28.2. The number of aliphatic imine (C=N–C) groups is 1. The highest BCUT2D eigenvalue weighted by Crippen LogP contribution is 2.38. The molecule has 2 aliphatic heterocycles. The Balaban J connectivity index is 1.42. The van der Waals surface area contributed by atoms with Gasteiger partial charge in [-0.3, -0.25) is 0 Å². The van der Waals surface area contributed by atoms with Gasteiger partial charge in [0.25, 0.3) is 0 Å². The molecule has 1 aromatic heterocycles. The van der Waals surface area contributed by atoms with E-state index in [9.17, 15) is 0 Å². The summed E-state index contributed by atoms with van der Waals surface area (Å²) in [7, 11) is 2.25. The van der Waals surface area contributed by atoms with E-state index in [-0.39, 0.29) is 0 Å². The Labute approximate surface area is 143 Å². The predicted octanol–water partition coefficient (Wildman–Crippen LogP) is 1.44. The fraction of sp³-hybridized carbons (Fsp3) is 0.824. The van der Waals surface area contributed by atoms with Crippen molar-refractivity contribution < 1.29 is 4.52 Å². The Morgan fingerprint density at radius 1 is 1.29 bits per heavy atom. The van der Waals surface area contributed by atoms with Gasteiger partial charge in [-0.2, -0.15) is 4.98 Å². The predicted molar refractivity (Wildman–Crippen MR) is 91.8 cm³/mol. The van der Waals surface area contributed by atoms with Gasteiger partial charge in [0.05, 0.1) is 0 Å². The van der Waals surface area contributed by atoms with Crippen LogP contribution in [0.25, 0.3) is 0 Å². The minimum absolute atomic E-state index is 0.461. The summed E-state index contributed by atoms with van der Waals surface area (Å²) in [5.74, 6) is 3.84. The van der Waals surface area contributed by atoms with Crippen LogP contribution in [0.4, 0.5) is 0 Å². The number of nitrogens with zero attached hydrogens (tertiary/aromatic N) is 5. The number of rotatable bonds is 4. The maximum Gasteiger partial charge on any atom is 0.248 e. The van der Waals surface area contributed by atoms with E-state index in [0.29, 0.717) is 24.4 Å². The van der Waals surface area contributed by atoms with Crippen LogP contribution in [0.2, 0.25) is 0 Å². The standard InChI is InChI=1S/C17H28N6O/c1-3-18-17(19-10-15-20-16(21-24-15)13-4-5-13)23-9-7-12-6-8-22(2)14(12)11-23/h12-14H,3-11H2,1-2H3,(H,18,19)/t12-,14+/m0/s1. The number of nitrogens with one attached hydrogen (secondary N) is 1. The monoisotopic (exact) mass is 332 g/mol. The summed E-state index contributed by atoms with van der Waals surface area (Å²) in [5, 5.41) is 7.50. The van der Waals surface area contributed by atoms with Crippen molar-refractivity contribution in [2.24, 2.45) is 10.9 Å². The van der Waals surface area contributed by atoms with Crippen LogP contribution in [0, 0.1) is 5.92 Å². The lowest BCUT2D eigenvalue weighted by atomic mass is 9.92. The summed E-state index contributed by atoms with van der Waals surface area (Å²) in [4.78, 5) is 14.1. The highest BCUT2D eigenvalue weighted by molar-refractivity contribution is 5.80. The topological polar surface area (TPSA) is 69.8 Å². The van der Waals surface area contributed by atoms with Crippen molar-refractivity contribution in [2.75, 3.05) is 33.2 Å². The van der Waals surface area contributed by atoms with Crippen molar-refractivity contribution in [3.63, 3.8) is 0 Å². The van der Waals surface area contributed by atoms with Gasteiger partial charge >= 0.3 is 0 Å². The Bertz CT molecular complexity index is 596. The molecule has 2 atom stereocenters. The van der Waals surface area contributed by atoms with Crippen LogP contribution in [0.1, 0.15) is 50.2 Å². The minimum atomic E-state index is 0.461. The third-order valence-corrected chi connectivity index (χ3v) is 5.56. The molecule has 2 saturated heterocycles. The second-order valence-corrected chi connectivity index (χ2v) is 7.32. The van der Waals surface area contributed by atoms with Crippen molar-refractivity contribution in [1.29, 1.82) is 0 Å². The first-order valence-corrected chi connectivity index (χ1v) is 9.30. The van der Waals surface area contributed by atoms with Crippen LogP contribution in [-0.2, 0) is 6.54 Å². The van der Waals surface area contributed by atoms with Gasteiger partial charge in [0.15, 0.2) is 11.8 Å². The Hall–Kier alpha value is -1.63. The first-order valence-electron chi connectivity index (χ1n) is 9.30. The van der Waals surface area contributed by atoms with E-state index in [1.165, 1.54) is 32.2 Å². The van der Waals surface area contributed by atoms with Gasteiger partial charge in [0, 0.05) is 31.6 Å². The Kier molecular flexibility index (Phi) is 4.43. The van der Waals surface area contributed by atoms with Gasteiger partial charge < -0.3 is 19.6 Å². The van der Waals surface area contributed by atoms with Gasteiger partial charge in [-0.1, -0.05) is 5.16 Å². The second-order valence-electron chi connectivity index (χ2n) is 7.32. The van der Waals surface area contributed by atoms with E-state index in [1.807, 2.05) is 0 Å². The zero-order chi connectivity index (χ0) is 16.5. The van der Waals surface area contributed by atoms with Crippen LogP contribution in [0.3, 0.4) is 0 Å². The number of likely N-dealkylation sites (tertiary alicyclic amines) is 2. The van der Waals surface area contributed by atoms with Crippen molar-refractivity contribution in [3.05, 3.63) is 11.7 Å². The third-order valence-electron chi connectivity index (χ3n) is 5.56. The number of fused-ring (bicyclic) bond motifs is 1. The van der Waals surface area contributed by atoms with E-state index in [2.05, 4.69) is 39.2 Å². The van der Waals surface area contributed by atoms with Crippen LogP contribution in [-0.4, -0.2) is 65.2 Å². The molecular weight excluding hydrogens is 304 g/mol. The van der Waals surface area contributed by atoms with Crippen LogP contribution in [0.5, 0.6) is 0 Å². The zero-order valence-corrected chi connectivity index (χ0v) is 14.7. The van der Waals surface area contributed by atoms with Gasteiger partial charge in [-0.15, -0.1) is 0 Å². The first-order chi connectivity index (χ1) is 11.7. The number of piperidine rings is 1. The summed E-state index contributed by atoms with van der Waals surface area (Å²) in [6.45, 7) is 6.81. The average Bonchev–Trinajstić information content (AvgIpc) is 3.23. The van der Waals surface area contributed by atoms with Gasteiger partial charge in [-0.05, 0) is 52.1 Å². The van der Waals surface area contributed by atoms with Crippen LogP contribution >= 0.6 is 0 Å². The molecule has 3 fully saturated rings. The molecular formula is C17H28N6O. The fourth-order valence-electron chi connectivity index (χ4n) is 3.95. The average molecular weight is 332 g/mol. The molecule has 4 rings (SSSR count). The SMILES string of the molecule is CCNC(=NCc1nc(C2CC2)no1)N1CC[C@@H]2CCN(C)[C@@H]2C1. The molecule has 1 aromatic rings. The molecule has 0 radical (unpaired) electrons. The molecule has 24 heavy (non-hydrogen) atoms. The number of hydrogen-bond acceptors (Lipinski definition) is 5. The van der Waals surface area contributed by atoms with E-state index in [0.717, 1.165) is 37.3 Å². The molecule has 7 heteroatoms. The molecule has 0 spiro atoms. The highest BCUT2D eigenvalue weighted by Gasteiger charge is 2.37. The number of guanidine groups is 1. The molecule has 0 bridgehead atoms. The van der Waals surface area contributed by atoms with Crippen LogP contribution < -0.4 is 5.32 Å². The minimum Gasteiger partial charge on any atom is -0.357 e. The second kappa shape index (κ2) is 6.70. The quantitative estimate of drug-likeness (QED) is 0.665. The van der Waals surface area contributed by atoms with Crippen molar-refractivity contribution in [3.8, 4) is 0 Å². The van der Waals surface area contributed by atoms with E-state index in [4.69, 9.17) is 9.52 Å². The summed E-state index contributed by atoms with van der Waals surface area (Å²) in [6, 6.07) is 0.660. The molecule has 1 aliphatic carbocycles. The summed E-state index contributed by atoms with van der Waals surface area (Å²) in [6.07, 6.45) is 4.98. The van der Waals surface area contributed by atoms with E-state index in [1.54, 1.807) is 0 Å². The highest BCUT2D eigenvalue weighted by atomic mass is 16.5. The largest absolute Gasteiger partial charge is 0.357 e. The van der Waals surface area contributed by atoms with Crippen molar-refractivity contribution in [1.82, 2.24) is 25.3 Å². The van der Waals surface area contributed by atoms with Gasteiger partial charge in [0.2, 0.25) is 5.89 Å². The number of likely N-dealkylation sites (N-methyl/N-ethyl adjacent to an activating group) is 1. The Morgan fingerprint density at radius 3 is 2.92 bits per heavy atom. The molecule has 0 amide bonds. The third kappa shape index (κ3) is 3.27. The van der Waals surface area contributed by atoms with E-state index < -0.39 is 0 Å². The lowest BCUT2D eigenvalue weighted by molar-refractivity contribution is 0.165. The Morgan fingerprint density at radius 2 is 2.12 bits per heavy atom. The van der Waals surface area contributed by atoms with Crippen LogP contribution in [0.15, 0.2) is 9.52 Å². The smallest absolute Gasteiger partial charge is 0.248 e. The van der Waals surface area contributed by atoms with Gasteiger partial charge in [0.1, 0.15) is 6.54 Å². The number of aromatic nitrogens is 2. The van der Waals surface area contributed by atoms with E-state index >= 15 is 0 Å². The zero-order valence-electron chi connectivity index (χ0n) is 14.7. The molecule has 3 heterocycles. The molecule has 0 unspecified atom stereocenters. The molecule has 132 valence electrons. The summed E-state index contributed by atoms with van der Waals surface area (Å²) in [5.41, 5.74) is 0. The molecule has 0 aromatic carbocycles. The summed E-state index contributed by atoms with van der Waals surface area (Å²) >= 11 is 0. The molecule has 3 aliphatic rings. The van der Waals surface area contributed by atoms with Gasteiger partial charge in [-0.25, -0.2) is 4.99 Å². The first kappa shape index (κ1) is 15.9. The van der Waals surface area contributed by atoms with Crippen molar-refractivity contribution in [2.45, 2.75) is 51.1 Å². The summed E-state index contributed by atoms with van der Waals surface area (Å²) < 4.78 is 5.35. The lowest BCUT2D eigenvalue weighted by Crippen LogP contribution is -2.52.